The highest BCUT2D eigenvalue weighted by atomic mass is 16.2. The maximum Gasteiger partial charge on any atom is 0.246 e. The number of aromatic nitrogens is 2. The Bertz CT molecular complexity index is 1070. The van der Waals surface area contributed by atoms with Gasteiger partial charge in [-0.1, -0.05) is 25.1 Å². The van der Waals surface area contributed by atoms with E-state index in [2.05, 4.69) is 27.4 Å². The van der Waals surface area contributed by atoms with Crippen LogP contribution in [0.3, 0.4) is 0 Å². The lowest BCUT2D eigenvalue weighted by atomic mass is 10.1. The van der Waals surface area contributed by atoms with Crippen LogP contribution in [0.2, 0.25) is 0 Å². The standard InChI is InChI=1S/C27H39N7O2/c1-6-23-26(32(3)4)31-24(19-29-23)30-22-11-7-10-21(18-22)13-14-28-27(36)20(2)33(5)25(35)12-8-15-34-16-9-17-34/h7-8,10-12,18-20H,6,9,13-17H2,1-5H3,(H,28,36)(H,30,31)/b12-8+/t20-/m0/s1. The zero-order valence-electron chi connectivity index (χ0n) is 22.1. The number of hydrogen-bond donors (Lipinski definition) is 2. The highest BCUT2D eigenvalue weighted by Crippen LogP contribution is 2.20. The number of aryl methyl sites for hydroxylation is 1. The maximum absolute atomic E-state index is 12.6. The van der Waals surface area contributed by atoms with Crippen molar-refractivity contribution in [2.75, 3.05) is 57.5 Å². The van der Waals surface area contributed by atoms with Crippen molar-refractivity contribution in [3.8, 4) is 0 Å². The summed E-state index contributed by atoms with van der Waals surface area (Å²) in [7, 11) is 5.58. The number of nitrogens with zero attached hydrogens (tertiary/aromatic N) is 5. The van der Waals surface area contributed by atoms with Crippen molar-refractivity contribution in [3.63, 3.8) is 0 Å². The molecule has 3 rings (SSSR count). The van der Waals surface area contributed by atoms with Crippen molar-refractivity contribution >= 4 is 29.1 Å². The Morgan fingerprint density at radius 2 is 2.00 bits per heavy atom. The Kier molecular flexibility index (Phi) is 9.81. The molecule has 1 aliphatic heterocycles. The van der Waals surface area contributed by atoms with Gasteiger partial charge in [-0.2, -0.15) is 0 Å². The fraction of sp³-hybridized carbons (Fsp3) is 0.481. The molecule has 9 heteroatoms. The molecular weight excluding hydrogens is 454 g/mol. The Morgan fingerprint density at radius 1 is 1.22 bits per heavy atom. The normalized spacial score (nSPS) is 14.2. The van der Waals surface area contributed by atoms with Crippen molar-refractivity contribution in [1.82, 2.24) is 25.1 Å². The predicted octanol–water partition coefficient (Wildman–Crippen LogP) is 2.62. The van der Waals surface area contributed by atoms with E-state index in [1.807, 2.05) is 49.3 Å². The third-order valence-electron chi connectivity index (χ3n) is 6.38. The molecule has 2 N–H and O–H groups in total. The number of hydrogen-bond acceptors (Lipinski definition) is 7. The Labute approximate surface area is 214 Å². The van der Waals surface area contributed by atoms with Crippen molar-refractivity contribution in [2.45, 2.75) is 39.2 Å². The minimum absolute atomic E-state index is 0.163. The van der Waals surface area contributed by atoms with Gasteiger partial charge < -0.3 is 20.4 Å². The highest BCUT2D eigenvalue weighted by Gasteiger charge is 2.21. The van der Waals surface area contributed by atoms with Crippen LogP contribution in [0.15, 0.2) is 42.6 Å². The molecule has 1 aromatic carbocycles. The molecule has 0 radical (unpaired) electrons. The second-order valence-electron chi connectivity index (χ2n) is 9.32. The molecule has 0 saturated carbocycles. The van der Waals surface area contributed by atoms with Crippen LogP contribution in [0.1, 0.15) is 31.5 Å². The summed E-state index contributed by atoms with van der Waals surface area (Å²) in [6, 6.07) is 7.47. The first-order chi connectivity index (χ1) is 17.3. The fourth-order valence-corrected chi connectivity index (χ4v) is 3.85. The second-order valence-corrected chi connectivity index (χ2v) is 9.32. The Balaban J connectivity index is 1.48. The number of rotatable bonds is 12. The lowest BCUT2D eigenvalue weighted by Gasteiger charge is -2.29. The van der Waals surface area contributed by atoms with E-state index in [9.17, 15) is 9.59 Å². The van der Waals surface area contributed by atoms with E-state index in [4.69, 9.17) is 4.98 Å². The van der Waals surface area contributed by atoms with Crippen LogP contribution in [0.25, 0.3) is 0 Å². The van der Waals surface area contributed by atoms with Gasteiger partial charge in [-0.3, -0.25) is 19.5 Å². The van der Waals surface area contributed by atoms with Gasteiger partial charge in [-0.25, -0.2) is 4.98 Å². The van der Waals surface area contributed by atoms with Gasteiger partial charge in [-0.15, -0.1) is 0 Å². The number of benzene rings is 1. The van der Waals surface area contributed by atoms with Crippen LogP contribution >= 0.6 is 0 Å². The topological polar surface area (TPSA) is 93.7 Å². The smallest absolute Gasteiger partial charge is 0.246 e. The van der Waals surface area contributed by atoms with Crippen LogP contribution in [0.5, 0.6) is 0 Å². The molecule has 1 fully saturated rings. The summed E-state index contributed by atoms with van der Waals surface area (Å²) < 4.78 is 0. The van der Waals surface area contributed by atoms with Crippen LogP contribution in [-0.4, -0.2) is 84.9 Å². The minimum atomic E-state index is -0.547. The Morgan fingerprint density at radius 3 is 2.67 bits per heavy atom. The van der Waals surface area contributed by atoms with E-state index in [0.717, 1.165) is 48.8 Å². The summed E-state index contributed by atoms with van der Waals surface area (Å²) in [5, 5.41) is 6.27. The number of carbonyl (C=O) groups is 2. The zero-order valence-corrected chi connectivity index (χ0v) is 22.1. The summed E-state index contributed by atoms with van der Waals surface area (Å²) in [6.45, 7) is 7.24. The van der Waals surface area contributed by atoms with Gasteiger partial charge in [0, 0.05) is 46.0 Å². The quantitative estimate of drug-likeness (QED) is 0.439. The summed E-state index contributed by atoms with van der Waals surface area (Å²) in [5.41, 5.74) is 2.95. The number of anilines is 3. The fourth-order valence-electron chi connectivity index (χ4n) is 3.85. The van der Waals surface area contributed by atoms with Crippen molar-refractivity contribution < 1.29 is 9.59 Å². The van der Waals surface area contributed by atoms with Gasteiger partial charge in [0.2, 0.25) is 11.8 Å². The zero-order chi connectivity index (χ0) is 26.1. The van der Waals surface area contributed by atoms with E-state index in [0.29, 0.717) is 18.8 Å². The van der Waals surface area contributed by atoms with Crippen LogP contribution in [-0.2, 0) is 22.4 Å². The summed E-state index contributed by atoms with van der Waals surface area (Å²) >= 11 is 0. The van der Waals surface area contributed by atoms with Crippen molar-refractivity contribution in [1.29, 1.82) is 0 Å². The number of carbonyl (C=O) groups excluding carboxylic acids is 2. The first-order valence-corrected chi connectivity index (χ1v) is 12.6. The monoisotopic (exact) mass is 493 g/mol. The molecular formula is C27H39N7O2. The van der Waals surface area contributed by atoms with Gasteiger partial charge in [0.05, 0.1) is 11.9 Å². The van der Waals surface area contributed by atoms with Gasteiger partial charge in [-0.05, 0) is 57.0 Å². The predicted molar refractivity (Wildman–Crippen MR) is 145 cm³/mol. The van der Waals surface area contributed by atoms with E-state index in [1.54, 1.807) is 26.2 Å². The molecule has 2 heterocycles. The lowest BCUT2D eigenvalue weighted by Crippen LogP contribution is -2.46. The third-order valence-corrected chi connectivity index (χ3v) is 6.38. The third kappa shape index (κ3) is 7.52. The average molecular weight is 494 g/mol. The molecule has 1 aliphatic rings. The highest BCUT2D eigenvalue weighted by molar-refractivity contribution is 5.92. The van der Waals surface area contributed by atoms with Gasteiger partial charge in [0.25, 0.3) is 0 Å². The first kappa shape index (κ1) is 27.1. The van der Waals surface area contributed by atoms with E-state index < -0.39 is 6.04 Å². The minimum Gasteiger partial charge on any atom is -0.361 e. The number of nitrogens with one attached hydrogen (secondary N) is 2. The molecule has 9 nitrogen and oxygen atoms in total. The van der Waals surface area contributed by atoms with E-state index in [1.165, 1.54) is 11.3 Å². The lowest BCUT2D eigenvalue weighted by molar-refractivity contribution is -0.135. The molecule has 1 atom stereocenters. The van der Waals surface area contributed by atoms with Gasteiger partial charge >= 0.3 is 0 Å². The summed E-state index contributed by atoms with van der Waals surface area (Å²) in [6.07, 6.45) is 7.89. The molecule has 1 aromatic heterocycles. The number of amides is 2. The van der Waals surface area contributed by atoms with Crippen LogP contribution in [0.4, 0.5) is 17.3 Å². The molecule has 0 bridgehead atoms. The molecule has 36 heavy (non-hydrogen) atoms. The molecule has 0 aliphatic carbocycles. The van der Waals surface area contributed by atoms with Crippen LogP contribution in [0, 0.1) is 0 Å². The summed E-state index contributed by atoms with van der Waals surface area (Å²) in [5.74, 6) is 1.20. The van der Waals surface area contributed by atoms with Gasteiger partial charge in [0.15, 0.2) is 11.6 Å². The average Bonchev–Trinajstić information content (AvgIpc) is 2.84. The Hall–Kier alpha value is -3.46. The van der Waals surface area contributed by atoms with Gasteiger partial charge in [0.1, 0.15) is 6.04 Å². The molecule has 2 amide bonds. The molecule has 2 aromatic rings. The first-order valence-electron chi connectivity index (χ1n) is 12.6. The number of likely N-dealkylation sites (N-methyl/N-ethyl adjacent to an activating group) is 1. The molecule has 194 valence electrons. The molecule has 0 unspecified atom stereocenters. The van der Waals surface area contributed by atoms with Crippen LogP contribution < -0.4 is 15.5 Å². The largest absolute Gasteiger partial charge is 0.361 e. The second kappa shape index (κ2) is 13.0. The van der Waals surface area contributed by atoms with Crippen molar-refractivity contribution in [3.05, 3.63) is 53.9 Å². The molecule has 1 saturated heterocycles. The van der Waals surface area contributed by atoms with Crippen molar-refractivity contribution in [2.24, 2.45) is 0 Å². The van der Waals surface area contributed by atoms with E-state index in [-0.39, 0.29) is 11.8 Å². The summed E-state index contributed by atoms with van der Waals surface area (Å²) in [4.78, 5) is 39.9. The molecule has 0 spiro atoms. The maximum atomic E-state index is 12.6. The number of likely N-dealkylation sites (tertiary alicyclic amines) is 1. The van der Waals surface area contributed by atoms with E-state index >= 15 is 0 Å². The SMILES string of the molecule is CCc1ncc(Nc2cccc(CCNC(=O)[C@H](C)N(C)C(=O)/C=C/CN3CCC3)c2)nc1N(C)C.